The summed E-state index contributed by atoms with van der Waals surface area (Å²) in [6, 6.07) is 3.90. The first kappa shape index (κ1) is 26.8. The van der Waals surface area contributed by atoms with Crippen LogP contribution in [0.1, 0.15) is 41.8 Å². The number of methoxy groups -OCH3 is 1. The van der Waals surface area contributed by atoms with Crippen LogP contribution in [0.2, 0.25) is 0 Å². The van der Waals surface area contributed by atoms with Crippen LogP contribution < -0.4 is 10.5 Å². The average Bonchev–Trinajstić information content (AvgIpc) is 3.26. The van der Waals surface area contributed by atoms with Gasteiger partial charge in [0.15, 0.2) is 11.5 Å². The van der Waals surface area contributed by atoms with Gasteiger partial charge in [0.25, 0.3) is 5.91 Å². The molecule has 0 bridgehead atoms. The van der Waals surface area contributed by atoms with E-state index in [0.29, 0.717) is 5.56 Å². The van der Waals surface area contributed by atoms with Gasteiger partial charge in [-0.3, -0.25) is 4.79 Å². The number of hydrogen-bond donors (Lipinski definition) is 1. The SMILES string of the molecule is COc1ccc(-c2nc(C(=O)N3CCN(S(C)(=O)=O)[C@H](C)C3)c([C@H](C)N)o2)c2ccc(C(F)(F)F)nc12. The highest BCUT2D eigenvalue weighted by atomic mass is 32.2. The molecule has 0 radical (unpaired) electrons. The van der Waals surface area contributed by atoms with E-state index < -0.39 is 39.9 Å². The van der Waals surface area contributed by atoms with E-state index in [2.05, 4.69) is 9.97 Å². The van der Waals surface area contributed by atoms with E-state index in [9.17, 15) is 26.4 Å². The van der Waals surface area contributed by atoms with Crippen LogP contribution in [0.25, 0.3) is 22.4 Å². The number of carbonyl (C=O) groups excluding carboxylic acids is 1. The number of halogens is 3. The Morgan fingerprint density at radius 1 is 1.22 bits per heavy atom. The summed E-state index contributed by atoms with van der Waals surface area (Å²) < 4.78 is 76.2. The van der Waals surface area contributed by atoms with Crippen LogP contribution in [-0.4, -0.2) is 72.5 Å². The lowest BCUT2D eigenvalue weighted by molar-refractivity contribution is -0.140. The van der Waals surface area contributed by atoms with Gasteiger partial charge in [-0.2, -0.15) is 17.5 Å². The first-order valence-corrected chi connectivity index (χ1v) is 13.1. The molecule has 0 saturated carbocycles. The third-order valence-electron chi connectivity index (χ3n) is 6.11. The second-order valence-electron chi connectivity index (χ2n) is 8.90. The van der Waals surface area contributed by atoms with Crippen molar-refractivity contribution in [3.05, 3.63) is 41.4 Å². The maximum absolute atomic E-state index is 13.4. The summed E-state index contributed by atoms with van der Waals surface area (Å²) in [5, 5.41) is 0.277. The molecule has 0 unspecified atom stereocenters. The number of sulfonamides is 1. The average molecular weight is 542 g/mol. The Hall–Kier alpha value is -3.23. The van der Waals surface area contributed by atoms with Gasteiger partial charge in [0.1, 0.15) is 17.0 Å². The molecule has 4 rings (SSSR count). The van der Waals surface area contributed by atoms with Gasteiger partial charge >= 0.3 is 6.18 Å². The Balaban J connectivity index is 1.76. The summed E-state index contributed by atoms with van der Waals surface area (Å²) in [6.07, 6.45) is -3.54. The number of alkyl halides is 3. The predicted molar refractivity (Wildman–Crippen MR) is 128 cm³/mol. The molecule has 1 fully saturated rings. The number of benzene rings is 1. The summed E-state index contributed by atoms with van der Waals surface area (Å²) in [6.45, 7) is 3.72. The van der Waals surface area contributed by atoms with Gasteiger partial charge in [0.05, 0.1) is 19.4 Å². The zero-order chi connectivity index (χ0) is 27.3. The molecule has 3 aromatic rings. The summed E-state index contributed by atoms with van der Waals surface area (Å²) in [5.74, 6) is -0.287. The minimum Gasteiger partial charge on any atom is -0.494 e. The van der Waals surface area contributed by atoms with Gasteiger partial charge in [-0.1, -0.05) is 0 Å². The summed E-state index contributed by atoms with van der Waals surface area (Å²) >= 11 is 0. The molecule has 1 aromatic carbocycles. The Labute approximate surface area is 211 Å². The highest BCUT2D eigenvalue weighted by Gasteiger charge is 2.36. The standard InChI is InChI=1S/C23H26F3N5O5S/c1-12-11-30(9-10-31(12)37(4,33)34)22(32)19-20(13(2)27)36-21(29-19)15-5-7-16(35-3)18-14(15)6-8-17(28-18)23(24,25)26/h5-8,12-13H,9-11,27H2,1-4H3/t12-,13+/m1/s1. The molecule has 37 heavy (non-hydrogen) atoms. The third-order valence-corrected chi connectivity index (χ3v) is 7.50. The zero-order valence-corrected chi connectivity index (χ0v) is 21.4. The van der Waals surface area contributed by atoms with E-state index in [-0.39, 0.29) is 53.6 Å². The largest absolute Gasteiger partial charge is 0.494 e. The van der Waals surface area contributed by atoms with Crippen molar-refractivity contribution in [1.82, 2.24) is 19.2 Å². The van der Waals surface area contributed by atoms with Crippen molar-refractivity contribution in [3.63, 3.8) is 0 Å². The van der Waals surface area contributed by atoms with E-state index in [0.717, 1.165) is 12.3 Å². The number of nitrogens with two attached hydrogens (primary N) is 1. The topological polar surface area (TPSA) is 132 Å². The number of pyridine rings is 1. The number of hydrogen-bond acceptors (Lipinski definition) is 8. The number of nitrogens with zero attached hydrogens (tertiary/aromatic N) is 4. The zero-order valence-electron chi connectivity index (χ0n) is 20.5. The number of ether oxygens (including phenoxy) is 1. The summed E-state index contributed by atoms with van der Waals surface area (Å²) in [4.78, 5) is 23.0. The monoisotopic (exact) mass is 541 g/mol. The van der Waals surface area contributed by atoms with E-state index in [1.54, 1.807) is 19.9 Å². The highest BCUT2D eigenvalue weighted by molar-refractivity contribution is 7.88. The first-order chi connectivity index (χ1) is 17.2. The van der Waals surface area contributed by atoms with Gasteiger partial charge in [0.2, 0.25) is 15.9 Å². The molecule has 200 valence electrons. The molecule has 1 aliphatic heterocycles. The summed E-state index contributed by atoms with van der Waals surface area (Å²) in [7, 11) is -2.11. The van der Waals surface area contributed by atoms with Crippen molar-refractivity contribution >= 4 is 26.8 Å². The molecule has 0 spiro atoms. The lowest BCUT2D eigenvalue weighted by atomic mass is 10.1. The van der Waals surface area contributed by atoms with Crippen LogP contribution in [0.3, 0.4) is 0 Å². The number of rotatable bonds is 5. The number of fused-ring (bicyclic) bond motifs is 1. The minimum absolute atomic E-state index is 0.0207. The number of oxazole rings is 1. The third kappa shape index (κ3) is 5.13. The number of aromatic nitrogens is 2. The molecule has 0 aliphatic carbocycles. The quantitative estimate of drug-likeness (QED) is 0.521. The molecule has 1 saturated heterocycles. The van der Waals surface area contributed by atoms with Crippen molar-refractivity contribution in [2.75, 3.05) is 33.0 Å². The Morgan fingerprint density at radius 2 is 1.92 bits per heavy atom. The molecule has 14 heteroatoms. The van der Waals surface area contributed by atoms with Crippen LogP contribution in [0.5, 0.6) is 5.75 Å². The molecule has 2 aromatic heterocycles. The van der Waals surface area contributed by atoms with Crippen LogP contribution in [-0.2, 0) is 16.2 Å². The maximum Gasteiger partial charge on any atom is 0.433 e. The molecular weight excluding hydrogens is 515 g/mol. The van der Waals surface area contributed by atoms with Crippen LogP contribution >= 0.6 is 0 Å². The number of amides is 1. The minimum atomic E-state index is -4.65. The van der Waals surface area contributed by atoms with E-state index in [1.165, 1.54) is 28.4 Å². The summed E-state index contributed by atoms with van der Waals surface area (Å²) in [5.41, 5.74) is 5.18. The molecule has 2 N–H and O–H groups in total. The normalized spacial score (nSPS) is 18.3. The van der Waals surface area contributed by atoms with Crippen molar-refractivity contribution in [2.45, 2.75) is 32.1 Å². The Kier molecular flexibility index (Phi) is 6.94. The van der Waals surface area contributed by atoms with Gasteiger partial charge < -0.3 is 19.8 Å². The highest BCUT2D eigenvalue weighted by Crippen LogP contribution is 2.37. The van der Waals surface area contributed by atoms with E-state index in [4.69, 9.17) is 14.9 Å². The fourth-order valence-electron chi connectivity index (χ4n) is 4.38. The number of piperazine rings is 1. The molecule has 1 aliphatic rings. The fraction of sp³-hybridized carbons (Fsp3) is 0.435. The second kappa shape index (κ2) is 9.58. The van der Waals surface area contributed by atoms with E-state index >= 15 is 0 Å². The Bertz CT molecular complexity index is 1450. The number of carbonyl (C=O) groups is 1. The van der Waals surface area contributed by atoms with Gasteiger partial charge in [-0.25, -0.2) is 18.4 Å². The van der Waals surface area contributed by atoms with Crippen LogP contribution in [0.4, 0.5) is 13.2 Å². The van der Waals surface area contributed by atoms with Crippen molar-refractivity contribution < 1.29 is 35.5 Å². The molecule has 10 nitrogen and oxygen atoms in total. The fourth-order valence-corrected chi connectivity index (χ4v) is 5.51. The lowest BCUT2D eigenvalue weighted by Gasteiger charge is -2.38. The molecular formula is C23H26F3N5O5S. The van der Waals surface area contributed by atoms with Crippen molar-refractivity contribution in [2.24, 2.45) is 5.73 Å². The molecule has 3 heterocycles. The van der Waals surface area contributed by atoms with Crippen LogP contribution in [0.15, 0.2) is 28.7 Å². The van der Waals surface area contributed by atoms with Crippen molar-refractivity contribution in [1.29, 1.82) is 0 Å². The Morgan fingerprint density at radius 3 is 2.49 bits per heavy atom. The van der Waals surface area contributed by atoms with E-state index in [1.807, 2.05) is 0 Å². The smallest absolute Gasteiger partial charge is 0.433 e. The van der Waals surface area contributed by atoms with Crippen molar-refractivity contribution in [3.8, 4) is 17.2 Å². The molecule has 2 atom stereocenters. The lowest BCUT2D eigenvalue weighted by Crippen LogP contribution is -2.55. The van der Waals surface area contributed by atoms with Gasteiger partial charge in [0, 0.05) is 36.6 Å². The molecule has 1 amide bonds. The predicted octanol–water partition coefficient (Wildman–Crippen LogP) is 3.04. The van der Waals surface area contributed by atoms with Gasteiger partial charge in [-0.05, 0) is 38.1 Å². The van der Waals surface area contributed by atoms with Crippen LogP contribution in [0, 0.1) is 0 Å². The first-order valence-electron chi connectivity index (χ1n) is 11.3. The maximum atomic E-state index is 13.4. The van der Waals surface area contributed by atoms with Gasteiger partial charge in [-0.15, -0.1) is 0 Å². The second-order valence-corrected chi connectivity index (χ2v) is 10.8.